The molecule has 1 saturated heterocycles. The third-order valence-electron chi connectivity index (χ3n) is 6.61. The monoisotopic (exact) mass is 437 g/mol. The molecule has 1 fully saturated rings. The first-order valence-corrected chi connectivity index (χ1v) is 10.9. The molecular formula is C26H19N3O4. The number of nitrogens with zero attached hydrogens (tertiary/aromatic N) is 3. The van der Waals surface area contributed by atoms with Crippen LogP contribution in [0.5, 0.6) is 0 Å². The average Bonchev–Trinajstić information content (AvgIpc) is 3.36. The van der Waals surface area contributed by atoms with Gasteiger partial charge < -0.3 is 4.90 Å². The molecule has 4 aromatic carbocycles. The minimum absolute atomic E-state index is 0.0999. The van der Waals surface area contributed by atoms with Crippen LogP contribution in [0.25, 0.3) is 21.5 Å². The highest BCUT2D eigenvalue weighted by molar-refractivity contribution is 6.38. The van der Waals surface area contributed by atoms with Gasteiger partial charge in [-0.3, -0.25) is 19.7 Å². The predicted octanol–water partition coefficient (Wildman–Crippen LogP) is 5.30. The van der Waals surface area contributed by atoms with Crippen LogP contribution in [0, 0.1) is 10.1 Å². The second-order valence-electron chi connectivity index (χ2n) is 8.42. The Labute approximate surface area is 189 Å². The van der Waals surface area contributed by atoms with Crippen molar-refractivity contribution in [2.45, 2.75) is 12.8 Å². The van der Waals surface area contributed by atoms with Crippen LogP contribution in [-0.4, -0.2) is 29.8 Å². The highest BCUT2D eigenvalue weighted by Gasteiger charge is 2.38. The van der Waals surface area contributed by atoms with Gasteiger partial charge in [-0.15, -0.1) is 0 Å². The van der Waals surface area contributed by atoms with Crippen molar-refractivity contribution in [2.75, 3.05) is 22.9 Å². The molecule has 0 aliphatic carbocycles. The summed E-state index contributed by atoms with van der Waals surface area (Å²) < 4.78 is 0. The maximum absolute atomic E-state index is 13.7. The van der Waals surface area contributed by atoms with E-state index in [9.17, 15) is 19.7 Å². The first-order valence-electron chi connectivity index (χ1n) is 10.9. The number of carbonyl (C=O) groups excluding carboxylic acids is 2. The third-order valence-corrected chi connectivity index (χ3v) is 6.61. The van der Waals surface area contributed by atoms with Crippen LogP contribution in [0.15, 0.2) is 66.7 Å². The normalized spacial score (nSPS) is 15.6. The van der Waals surface area contributed by atoms with Crippen LogP contribution in [0.1, 0.15) is 33.6 Å². The van der Waals surface area contributed by atoms with Gasteiger partial charge in [-0.2, -0.15) is 0 Å². The molecule has 0 saturated carbocycles. The van der Waals surface area contributed by atoms with E-state index < -0.39 is 16.7 Å². The fourth-order valence-corrected chi connectivity index (χ4v) is 5.17. The molecule has 7 nitrogen and oxygen atoms in total. The van der Waals surface area contributed by atoms with E-state index in [1.807, 2.05) is 35.2 Å². The van der Waals surface area contributed by atoms with Gasteiger partial charge in [-0.1, -0.05) is 48.5 Å². The molecule has 0 bridgehead atoms. The second kappa shape index (κ2) is 7.13. The molecule has 4 aromatic rings. The van der Waals surface area contributed by atoms with Crippen LogP contribution in [-0.2, 0) is 0 Å². The first-order chi connectivity index (χ1) is 16.1. The predicted molar refractivity (Wildman–Crippen MR) is 127 cm³/mol. The number of carbonyl (C=O) groups is 2. The molecule has 2 aliphatic heterocycles. The molecule has 0 aromatic heterocycles. The van der Waals surface area contributed by atoms with Crippen molar-refractivity contribution in [3.8, 4) is 0 Å². The topological polar surface area (TPSA) is 83.8 Å². The summed E-state index contributed by atoms with van der Waals surface area (Å²) in [6.07, 6.45) is 1.90. The molecule has 2 aliphatic rings. The number of hydrogen-bond donors (Lipinski definition) is 0. The lowest BCUT2D eigenvalue weighted by Crippen LogP contribution is -2.40. The highest BCUT2D eigenvalue weighted by Crippen LogP contribution is 2.44. The van der Waals surface area contributed by atoms with Crippen molar-refractivity contribution < 1.29 is 14.5 Å². The van der Waals surface area contributed by atoms with E-state index in [4.69, 9.17) is 0 Å². The number of rotatable bonds is 3. The summed E-state index contributed by atoms with van der Waals surface area (Å²) >= 11 is 0. The zero-order valence-electron chi connectivity index (χ0n) is 17.7. The summed E-state index contributed by atoms with van der Waals surface area (Å²) in [5.41, 5.74) is 1.43. The Morgan fingerprint density at radius 1 is 0.788 bits per heavy atom. The Hall–Kier alpha value is -4.26. The molecular weight excluding hydrogens is 418 g/mol. The van der Waals surface area contributed by atoms with Crippen molar-refractivity contribution in [2.24, 2.45) is 0 Å². The maximum atomic E-state index is 13.7. The van der Waals surface area contributed by atoms with Gasteiger partial charge in [0.15, 0.2) is 0 Å². The molecule has 7 heteroatoms. The Kier molecular flexibility index (Phi) is 4.20. The van der Waals surface area contributed by atoms with Crippen molar-refractivity contribution in [1.82, 2.24) is 0 Å². The maximum Gasteiger partial charge on any atom is 0.293 e. The second-order valence-corrected chi connectivity index (χ2v) is 8.42. The van der Waals surface area contributed by atoms with Crippen LogP contribution >= 0.6 is 0 Å². The van der Waals surface area contributed by atoms with Gasteiger partial charge in [0.05, 0.1) is 16.2 Å². The summed E-state index contributed by atoms with van der Waals surface area (Å²) in [5.74, 6) is -0.966. The number of nitro benzene ring substituents is 1. The summed E-state index contributed by atoms with van der Waals surface area (Å²) in [4.78, 5) is 42.2. The number of anilines is 2. The lowest BCUT2D eigenvalue weighted by Gasteiger charge is -2.29. The third kappa shape index (κ3) is 2.75. The van der Waals surface area contributed by atoms with E-state index in [-0.39, 0.29) is 11.3 Å². The molecule has 6 rings (SSSR count). The van der Waals surface area contributed by atoms with E-state index in [0.29, 0.717) is 40.8 Å². The lowest BCUT2D eigenvalue weighted by atomic mass is 9.91. The lowest BCUT2D eigenvalue weighted by molar-refractivity contribution is -0.384. The van der Waals surface area contributed by atoms with E-state index >= 15 is 0 Å². The molecule has 0 atom stereocenters. The number of amides is 2. The van der Waals surface area contributed by atoms with Gasteiger partial charge in [-0.25, -0.2) is 4.90 Å². The van der Waals surface area contributed by atoms with E-state index in [1.165, 1.54) is 6.07 Å². The Morgan fingerprint density at radius 2 is 1.45 bits per heavy atom. The van der Waals surface area contributed by atoms with Crippen LogP contribution in [0.2, 0.25) is 0 Å². The smallest absolute Gasteiger partial charge is 0.293 e. The largest absolute Gasteiger partial charge is 0.365 e. The van der Waals surface area contributed by atoms with E-state index in [1.54, 1.807) is 30.3 Å². The van der Waals surface area contributed by atoms with Gasteiger partial charge in [0.1, 0.15) is 5.69 Å². The Bertz CT molecular complexity index is 1500. The van der Waals surface area contributed by atoms with Gasteiger partial charge in [0, 0.05) is 40.9 Å². The van der Waals surface area contributed by atoms with Crippen LogP contribution in [0.3, 0.4) is 0 Å². The molecule has 0 spiro atoms. The minimum Gasteiger partial charge on any atom is -0.365 e. The van der Waals surface area contributed by atoms with Gasteiger partial charge in [0.2, 0.25) is 0 Å². The summed E-state index contributed by atoms with van der Waals surface area (Å²) in [5, 5.41) is 14.8. The standard InChI is InChI=1S/C26H19N3O4/c30-25-19-11-6-10-18-23(19)20(15-22(29(32)33)24(18)27-13-3-4-14-27)26(31)28(25)21-12-5-8-16-7-1-2-9-17(16)21/h1-2,5-12,15H,3-4,13-14H2. The molecule has 2 amide bonds. The van der Waals surface area contributed by atoms with Crippen molar-refractivity contribution in [3.05, 3.63) is 88.0 Å². The number of imide groups is 1. The molecule has 2 heterocycles. The quantitative estimate of drug-likeness (QED) is 0.247. The summed E-state index contributed by atoms with van der Waals surface area (Å²) in [6.45, 7) is 1.42. The zero-order valence-corrected chi connectivity index (χ0v) is 17.7. The molecule has 33 heavy (non-hydrogen) atoms. The van der Waals surface area contributed by atoms with Gasteiger partial charge in [-0.05, 0) is 30.4 Å². The number of benzene rings is 4. The van der Waals surface area contributed by atoms with Gasteiger partial charge >= 0.3 is 0 Å². The Balaban J connectivity index is 1.64. The Morgan fingerprint density at radius 3 is 2.24 bits per heavy atom. The number of hydrogen-bond acceptors (Lipinski definition) is 5. The van der Waals surface area contributed by atoms with Crippen LogP contribution < -0.4 is 9.80 Å². The fraction of sp³-hybridized carbons (Fsp3) is 0.154. The number of fused-ring (bicyclic) bond motifs is 1. The van der Waals surface area contributed by atoms with Crippen molar-refractivity contribution in [1.29, 1.82) is 0 Å². The molecule has 162 valence electrons. The van der Waals surface area contributed by atoms with Gasteiger partial charge in [0.25, 0.3) is 17.5 Å². The first kappa shape index (κ1) is 19.4. The van der Waals surface area contributed by atoms with E-state index in [0.717, 1.165) is 28.5 Å². The molecule has 0 unspecified atom stereocenters. The number of nitro groups is 1. The van der Waals surface area contributed by atoms with Crippen molar-refractivity contribution in [3.63, 3.8) is 0 Å². The van der Waals surface area contributed by atoms with E-state index in [2.05, 4.69) is 0 Å². The fourth-order valence-electron chi connectivity index (χ4n) is 5.17. The average molecular weight is 437 g/mol. The highest BCUT2D eigenvalue weighted by atomic mass is 16.6. The summed E-state index contributed by atoms with van der Waals surface area (Å²) in [7, 11) is 0. The minimum atomic E-state index is -0.545. The SMILES string of the molecule is O=C1c2cccc3c(N4CCCC4)c([N+](=O)[O-])cc(c23)C(=O)N1c1cccc2ccccc12. The van der Waals surface area contributed by atoms with Crippen molar-refractivity contribution >= 4 is 50.4 Å². The molecule has 0 N–H and O–H groups in total. The summed E-state index contributed by atoms with van der Waals surface area (Å²) in [6, 6.07) is 19.5. The molecule has 0 radical (unpaired) electrons. The van der Waals surface area contributed by atoms with Crippen LogP contribution in [0.4, 0.5) is 17.1 Å². The zero-order chi connectivity index (χ0) is 22.7.